The number of rotatable bonds is 5. The van der Waals surface area contributed by atoms with Gasteiger partial charge in [-0.05, 0) is 61.2 Å². The number of hydrogen-bond donors (Lipinski definition) is 0. The second-order valence-electron chi connectivity index (χ2n) is 7.92. The number of methoxy groups -OCH3 is 1. The number of nitrogens with zero attached hydrogens (tertiary/aromatic N) is 1. The number of fused-ring (bicyclic) bond motifs is 1. The second-order valence-corrected chi connectivity index (χ2v) is 8.73. The van der Waals surface area contributed by atoms with Crippen LogP contribution in [0.4, 0.5) is 23.7 Å². The predicted octanol–water partition coefficient (Wildman–Crippen LogP) is 7.20. The van der Waals surface area contributed by atoms with Gasteiger partial charge in [0.15, 0.2) is 0 Å². The van der Waals surface area contributed by atoms with Crippen molar-refractivity contribution < 1.29 is 32.2 Å². The summed E-state index contributed by atoms with van der Waals surface area (Å²) < 4.78 is 51.1. The highest BCUT2D eigenvalue weighted by Crippen LogP contribution is 2.49. The molecule has 1 heterocycles. The zero-order valence-electron chi connectivity index (χ0n) is 18.8. The number of carbonyl (C=O) groups is 2. The molecule has 34 heavy (non-hydrogen) atoms. The first-order valence-corrected chi connectivity index (χ1v) is 11.5. The first kappa shape index (κ1) is 26.2. The summed E-state index contributed by atoms with van der Waals surface area (Å²) in [5.74, 6) is -2.33. The van der Waals surface area contributed by atoms with Crippen LogP contribution in [-0.4, -0.2) is 31.8 Å². The van der Waals surface area contributed by atoms with Crippen molar-refractivity contribution in [3.63, 3.8) is 0 Å². The minimum absolute atomic E-state index is 0.110. The van der Waals surface area contributed by atoms with Gasteiger partial charge >= 0.3 is 18.2 Å². The van der Waals surface area contributed by atoms with Crippen molar-refractivity contribution in [1.82, 2.24) is 0 Å². The van der Waals surface area contributed by atoms with Crippen LogP contribution in [0.1, 0.15) is 55.2 Å². The van der Waals surface area contributed by atoms with Crippen LogP contribution in [0.25, 0.3) is 0 Å². The third-order valence-electron chi connectivity index (χ3n) is 6.00. The standard InChI is InChI=1S/C24H24Cl2F3NO4/c1-4-15-12-17(21(22(31)33-3)13-6-8-18(25)19(26)10-13)16-11-14(24(27,28)29)7-9-20(16)30(15)23(32)34-5-2/h6-11,15,17,21H,4-5,12H2,1-3H3/t15-,17?,21?/m0/s1. The first-order chi connectivity index (χ1) is 16.0. The summed E-state index contributed by atoms with van der Waals surface area (Å²) in [6, 6.07) is 7.39. The van der Waals surface area contributed by atoms with Gasteiger partial charge in [-0.15, -0.1) is 0 Å². The van der Waals surface area contributed by atoms with E-state index in [2.05, 4.69) is 0 Å². The smallest absolute Gasteiger partial charge is 0.416 e. The van der Waals surface area contributed by atoms with Gasteiger partial charge in [0.2, 0.25) is 0 Å². The molecule has 2 aromatic rings. The van der Waals surface area contributed by atoms with Crippen LogP contribution < -0.4 is 4.90 Å². The summed E-state index contributed by atoms with van der Waals surface area (Å²) in [7, 11) is 1.21. The van der Waals surface area contributed by atoms with Crippen LogP contribution in [0, 0.1) is 0 Å². The Balaban J connectivity index is 2.25. The molecule has 0 radical (unpaired) electrons. The summed E-state index contributed by atoms with van der Waals surface area (Å²) >= 11 is 12.2. The number of amides is 1. The first-order valence-electron chi connectivity index (χ1n) is 10.7. The van der Waals surface area contributed by atoms with E-state index in [1.807, 2.05) is 6.92 Å². The summed E-state index contributed by atoms with van der Waals surface area (Å²) in [6.45, 7) is 3.62. The fourth-order valence-corrected chi connectivity index (χ4v) is 4.75. The number of halogens is 5. The average molecular weight is 518 g/mol. The number of alkyl halides is 3. The third kappa shape index (κ3) is 5.13. The quantitative estimate of drug-likeness (QED) is 0.393. The molecule has 1 amide bonds. The molecule has 10 heteroatoms. The van der Waals surface area contributed by atoms with Crippen molar-refractivity contribution in [2.45, 2.75) is 50.7 Å². The number of carbonyl (C=O) groups excluding carboxylic acids is 2. The van der Waals surface area contributed by atoms with Gasteiger partial charge in [0.05, 0.1) is 40.9 Å². The fourth-order valence-electron chi connectivity index (χ4n) is 4.44. The monoisotopic (exact) mass is 517 g/mol. The molecule has 0 saturated carbocycles. The largest absolute Gasteiger partial charge is 0.469 e. The van der Waals surface area contributed by atoms with Crippen molar-refractivity contribution >= 4 is 41.0 Å². The van der Waals surface area contributed by atoms with Crippen molar-refractivity contribution in [3.8, 4) is 0 Å². The number of anilines is 1. The molecule has 2 aromatic carbocycles. The van der Waals surface area contributed by atoms with Gasteiger partial charge in [0, 0.05) is 12.0 Å². The molecule has 0 saturated heterocycles. The summed E-state index contributed by atoms with van der Waals surface area (Å²) in [5.41, 5.74) is 0.0411. The highest BCUT2D eigenvalue weighted by atomic mass is 35.5. The van der Waals surface area contributed by atoms with Crippen LogP contribution in [0.2, 0.25) is 10.0 Å². The molecule has 0 aromatic heterocycles. The Morgan fingerprint density at radius 3 is 2.38 bits per heavy atom. The van der Waals surface area contributed by atoms with Crippen molar-refractivity contribution in [2.75, 3.05) is 18.6 Å². The fraction of sp³-hybridized carbons (Fsp3) is 0.417. The molecule has 0 aliphatic carbocycles. The SMILES string of the molecule is CCOC(=O)N1c2ccc(C(F)(F)F)cc2C(C(C(=O)OC)c2ccc(Cl)c(Cl)c2)C[C@@H]1CC. The Morgan fingerprint density at radius 2 is 1.82 bits per heavy atom. The van der Waals surface area contributed by atoms with Gasteiger partial charge in [-0.1, -0.05) is 36.2 Å². The van der Waals surface area contributed by atoms with Crippen LogP contribution in [0.15, 0.2) is 36.4 Å². The Hall–Kier alpha value is -2.45. The lowest BCUT2D eigenvalue weighted by atomic mass is 9.74. The molecule has 3 atom stereocenters. The lowest BCUT2D eigenvalue weighted by molar-refractivity contribution is -0.143. The lowest BCUT2D eigenvalue weighted by Crippen LogP contribution is -2.46. The van der Waals surface area contributed by atoms with Crippen LogP contribution in [-0.2, 0) is 20.4 Å². The maximum absolute atomic E-state index is 13.6. The molecule has 184 valence electrons. The summed E-state index contributed by atoms with van der Waals surface area (Å²) in [4.78, 5) is 27.1. The molecular weight excluding hydrogens is 494 g/mol. The predicted molar refractivity (Wildman–Crippen MR) is 124 cm³/mol. The van der Waals surface area contributed by atoms with E-state index in [0.29, 0.717) is 12.0 Å². The molecular formula is C24H24Cl2F3NO4. The molecule has 0 bridgehead atoms. The van der Waals surface area contributed by atoms with Gasteiger partial charge in [-0.25, -0.2) is 4.79 Å². The third-order valence-corrected chi connectivity index (χ3v) is 6.74. The van der Waals surface area contributed by atoms with E-state index >= 15 is 0 Å². The number of ether oxygens (including phenoxy) is 2. The molecule has 1 aliphatic heterocycles. The Bertz CT molecular complexity index is 1080. The van der Waals surface area contributed by atoms with Crippen LogP contribution in [0.3, 0.4) is 0 Å². The van der Waals surface area contributed by atoms with E-state index in [1.165, 1.54) is 30.2 Å². The number of hydrogen-bond acceptors (Lipinski definition) is 4. The van der Waals surface area contributed by atoms with E-state index in [1.54, 1.807) is 13.0 Å². The number of benzene rings is 2. The Morgan fingerprint density at radius 1 is 1.12 bits per heavy atom. The molecule has 0 fully saturated rings. The Labute approximate surface area is 205 Å². The summed E-state index contributed by atoms with van der Waals surface area (Å²) in [5, 5.41) is 0.477. The lowest BCUT2D eigenvalue weighted by Gasteiger charge is -2.42. The number of esters is 1. The van der Waals surface area contributed by atoms with Gasteiger partial charge in [0.25, 0.3) is 0 Å². The Kier molecular flexibility index (Phi) is 8.03. The maximum Gasteiger partial charge on any atom is 0.416 e. The van der Waals surface area contributed by atoms with E-state index in [4.69, 9.17) is 32.7 Å². The molecule has 3 rings (SSSR count). The molecule has 0 N–H and O–H groups in total. The molecule has 5 nitrogen and oxygen atoms in total. The zero-order chi connectivity index (χ0) is 25.2. The maximum atomic E-state index is 13.6. The minimum Gasteiger partial charge on any atom is -0.469 e. The van der Waals surface area contributed by atoms with Gasteiger partial charge in [0.1, 0.15) is 0 Å². The van der Waals surface area contributed by atoms with Gasteiger partial charge < -0.3 is 9.47 Å². The van der Waals surface area contributed by atoms with E-state index in [-0.39, 0.29) is 34.3 Å². The van der Waals surface area contributed by atoms with Crippen molar-refractivity contribution in [1.29, 1.82) is 0 Å². The molecule has 0 spiro atoms. The highest BCUT2D eigenvalue weighted by molar-refractivity contribution is 6.42. The highest BCUT2D eigenvalue weighted by Gasteiger charge is 2.44. The topological polar surface area (TPSA) is 55.8 Å². The van der Waals surface area contributed by atoms with Crippen LogP contribution in [0.5, 0.6) is 0 Å². The van der Waals surface area contributed by atoms with Crippen LogP contribution >= 0.6 is 23.2 Å². The van der Waals surface area contributed by atoms with Crippen molar-refractivity contribution in [3.05, 3.63) is 63.1 Å². The van der Waals surface area contributed by atoms with Crippen molar-refractivity contribution in [2.24, 2.45) is 0 Å². The van der Waals surface area contributed by atoms with E-state index in [9.17, 15) is 22.8 Å². The average Bonchev–Trinajstić information content (AvgIpc) is 2.79. The molecule has 1 aliphatic rings. The molecule has 2 unspecified atom stereocenters. The second kappa shape index (κ2) is 10.4. The summed E-state index contributed by atoms with van der Waals surface area (Å²) in [6.07, 6.45) is -4.56. The van der Waals surface area contributed by atoms with Gasteiger partial charge in [-0.2, -0.15) is 13.2 Å². The minimum atomic E-state index is -4.61. The zero-order valence-corrected chi connectivity index (χ0v) is 20.3. The normalized spacial score (nSPS) is 18.8. The van der Waals surface area contributed by atoms with E-state index < -0.39 is 41.7 Å². The van der Waals surface area contributed by atoms with E-state index in [0.717, 1.165) is 12.1 Å². The van der Waals surface area contributed by atoms with Gasteiger partial charge in [-0.3, -0.25) is 9.69 Å².